The largest absolute Gasteiger partial charge is 0.449 e. The van der Waals surface area contributed by atoms with Gasteiger partial charge in [-0.1, -0.05) is 23.7 Å². The molecule has 0 aliphatic rings. The Labute approximate surface area is 150 Å². The second-order valence-corrected chi connectivity index (χ2v) is 5.95. The molecule has 2 aromatic heterocycles. The van der Waals surface area contributed by atoms with E-state index in [0.717, 1.165) is 4.57 Å². The van der Waals surface area contributed by atoms with Crippen LogP contribution in [0.1, 0.15) is 11.7 Å². The number of hydrogen-bond acceptors (Lipinski definition) is 4. The fourth-order valence-corrected chi connectivity index (χ4v) is 2.74. The molecule has 2 aromatic carbocycles. The maximum atomic E-state index is 13.3. The number of alkyl halides is 3. The van der Waals surface area contributed by atoms with Gasteiger partial charge in [0.25, 0.3) is 0 Å². The lowest BCUT2D eigenvalue weighted by Gasteiger charge is -2.09. The lowest BCUT2D eigenvalue weighted by molar-refractivity contribution is -0.146. The van der Waals surface area contributed by atoms with E-state index in [1.54, 1.807) is 42.5 Å². The van der Waals surface area contributed by atoms with E-state index in [4.69, 9.17) is 16.0 Å². The summed E-state index contributed by atoms with van der Waals surface area (Å²) in [5.41, 5.74) is 1.21. The Hall–Kier alpha value is -2.87. The van der Waals surface area contributed by atoms with Crippen molar-refractivity contribution in [2.45, 2.75) is 12.7 Å². The van der Waals surface area contributed by atoms with E-state index in [1.165, 1.54) is 6.07 Å². The van der Waals surface area contributed by atoms with Crippen molar-refractivity contribution in [3.8, 4) is 11.5 Å². The Balaban J connectivity index is 1.73. The van der Waals surface area contributed by atoms with Crippen molar-refractivity contribution in [2.24, 2.45) is 0 Å². The molecule has 26 heavy (non-hydrogen) atoms. The first-order valence-electron chi connectivity index (χ1n) is 7.52. The minimum Gasteiger partial charge on any atom is -0.419 e. The number of hydrogen-bond donors (Lipinski definition) is 0. The third kappa shape index (κ3) is 3.03. The van der Waals surface area contributed by atoms with Gasteiger partial charge in [-0.25, -0.2) is 4.98 Å². The first-order chi connectivity index (χ1) is 12.4. The maximum absolute atomic E-state index is 13.3. The third-order valence-electron chi connectivity index (χ3n) is 3.76. The van der Waals surface area contributed by atoms with Gasteiger partial charge in [0, 0.05) is 10.6 Å². The van der Waals surface area contributed by atoms with Crippen LogP contribution in [0.4, 0.5) is 13.2 Å². The van der Waals surface area contributed by atoms with Gasteiger partial charge < -0.3 is 8.98 Å². The predicted octanol–water partition coefficient (Wildman–Crippen LogP) is 4.81. The van der Waals surface area contributed by atoms with Crippen LogP contribution in [0.3, 0.4) is 0 Å². The van der Waals surface area contributed by atoms with Crippen LogP contribution >= 0.6 is 11.6 Å². The zero-order valence-electron chi connectivity index (χ0n) is 13.0. The molecule has 4 rings (SSSR count). The van der Waals surface area contributed by atoms with Crippen LogP contribution in [0, 0.1) is 0 Å². The molecule has 5 nitrogen and oxygen atoms in total. The lowest BCUT2D eigenvalue weighted by atomic mass is 10.2. The smallest absolute Gasteiger partial charge is 0.419 e. The number of imidazole rings is 1. The molecular weight excluding hydrogens is 369 g/mol. The molecule has 9 heteroatoms. The molecule has 0 fully saturated rings. The third-order valence-corrected chi connectivity index (χ3v) is 4.01. The fourth-order valence-electron chi connectivity index (χ4n) is 2.61. The van der Waals surface area contributed by atoms with E-state index in [0.29, 0.717) is 16.1 Å². The monoisotopic (exact) mass is 378 g/mol. The Morgan fingerprint density at radius 3 is 2.46 bits per heavy atom. The van der Waals surface area contributed by atoms with Gasteiger partial charge >= 0.3 is 6.18 Å². The van der Waals surface area contributed by atoms with Crippen molar-refractivity contribution in [3.05, 3.63) is 65.3 Å². The van der Waals surface area contributed by atoms with E-state index >= 15 is 0 Å². The van der Waals surface area contributed by atoms with Crippen molar-refractivity contribution in [3.63, 3.8) is 0 Å². The minimum absolute atomic E-state index is 0.0450. The molecule has 0 bridgehead atoms. The van der Waals surface area contributed by atoms with Gasteiger partial charge in [-0.15, -0.1) is 10.2 Å². The molecule has 0 aliphatic heterocycles. The molecule has 0 amide bonds. The van der Waals surface area contributed by atoms with Gasteiger partial charge in [-0.05, 0) is 36.4 Å². The highest BCUT2D eigenvalue weighted by molar-refractivity contribution is 6.30. The van der Waals surface area contributed by atoms with Gasteiger partial charge in [-0.2, -0.15) is 13.2 Å². The zero-order valence-corrected chi connectivity index (χ0v) is 13.8. The topological polar surface area (TPSA) is 56.7 Å². The summed E-state index contributed by atoms with van der Waals surface area (Å²) in [6.45, 7) is -0.240. The molecule has 2 heterocycles. The number of benzene rings is 2. The van der Waals surface area contributed by atoms with Crippen molar-refractivity contribution in [2.75, 3.05) is 0 Å². The van der Waals surface area contributed by atoms with Crippen molar-refractivity contribution >= 4 is 22.6 Å². The molecule has 0 aliphatic carbocycles. The van der Waals surface area contributed by atoms with Crippen LogP contribution < -0.4 is 0 Å². The average molecular weight is 379 g/mol. The summed E-state index contributed by atoms with van der Waals surface area (Å²) >= 11 is 5.83. The summed E-state index contributed by atoms with van der Waals surface area (Å²) in [5.74, 6) is -0.761. The highest BCUT2D eigenvalue weighted by Crippen LogP contribution is 2.32. The van der Waals surface area contributed by atoms with E-state index in [9.17, 15) is 13.2 Å². The summed E-state index contributed by atoms with van der Waals surface area (Å²) < 4.78 is 46.5. The average Bonchev–Trinajstić information content (AvgIpc) is 3.21. The van der Waals surface area contributed by atoms with Crippen molar-refractivity contribution in [1.82, 2.24) is 19.7 Å². The van der Waals surface area contributed by atoms with E-state index < -0.39 is 12.0 Å². The van der Waals surface area contributed by atoms with Gasteiger partial charge in [0.15, 0.2) is 0 Å². The first-order valence-corrected chi connectivity index (χ1v) is 7.90. The molecule has 0 N–H and O–H groups in total. The predicted molar refractivity (Wildman–Crippen MR) is 88.6 cm³/mol. The second-order valence-electron chi connectivity index (χ2n) is 5.52. The number of aromatic nitrogens is 4. The highest BCUT2D eigenvalue weighted by Gasteiger charge is 2.37. The minimum atomic E-state index is -4.60. The van der Waals surface area contributed by atoms with Crippen LogP contribution in [0.25, 0.3) is 22.5 Å². The van der Waals surface area contributed by atoms with Crippen molar-refractivity contribution in [1.29, 1.82) is 0 Å². The van der Waals surface area contributed by atoms with Crippen molar-refractivity contribution < 1.29 is 17.6 Å². The Bertz CT molecular complexity index is 1070. The number of rotatable bonds is 3. The second kappa shape index (κ2) is 6.14. The molecule has 0 saturated heterocycles. The highest BCUT2D eigenvalue weighted by atomic mass is 35.5. The Morgan fingerprint density at radius 1 is 1.00 bits per heavy atom. The molecule has 0 spiro atoms. The van der Waals surface area contributed by atoms with Gasteiger partial charge in [0.2, 0.25) is 17.6 Å². The van der Waals surface area contributed by atoms with Crippen LogP contribution in [-0.4, -0.2) is 19.7 Å². The van der Waals surface area contributed by atoms with Gasteiger partial charge in [-0.3, -0.25) is 0 Å². The normalized spacial score (nSPS) is 12.0. The molecular formula is C17H10ClF3N4O. The Kier molecular flexibility index (Phi) is 3.91. The lowest BCUT2D eigenvalue weighted by Crippen LogP contribution is -2.15. The van der Waals surface area contributed by atoms with E-state index in [2.05, 4.69) is 15.2 Å². The standard InChI is InChI=1S/C17H10ClF3N4O/c18-11-7-5-10(6-8-11)15-24-23-14(26-15)9-25-13-4-2-1-3-12(13)22-16(25)17(19,20)21/h1-8H,9H2. The SMILES string of the molecule is FC(F)(F)c1nc2ccccc2n1Cc1nnc(-c2ccc(Cl)cc2)o1. The van der Waals surface area contributed by atoms with Crippen LogP contribution in [0.2, 0.25) is 5.02 Å². The Morgan fingerprint density at radius 2 is 1.73 bits per heavy atom. The van der Waals surface area contributed by atoms with E-state index in [-0.39, 0.29) is 23.8 Å². The summed E-state index contributed by atoms with van der Waals surface area (Å²) in [7, 11) is 0. The first kappa shape index (κ1) is 16.6. The van der Waals surface area contributed by atoms with Crippen LogP contribution in [0.15, 0.2) is 52.9 Å². The van der Waals surface area contributed by atoms with Gasteiger partial charge in [0.05, 0.1) is 11.0 Å². The molecule has 0 saturated carbocycles. The number of fused-ring (bicyclic) bond motifs is 1. The summed E-state index contributed by atoms with van der Waals surface area (Å²) in [6.07, 6.45) is -4.60. The number of para-hydroxylation sites is 2. The molecule has 132 valence electrons. The molecule has 0 unspecified atom stereocenters. The van der Waals surface area contributed by atoms with Gasteiger partial charge in [0.1, 0.15) is 6.54 Å². The zero-order chi connectivity index (χ0) is 18.3. The summed E-state index contributed by atoms with van der Waals surface area (Å²) in [6, 6.07) is 13.1. The molecule has 0 radical (unpaired) electrons. The van der Waals surface area contributed by atoms with Crippen LogP contribution in [0.5, 0.6) is 0 Å². The van der Waals surface area contributed by atoms with Crippen LogP contribution in [-0.2, 0) is 12.7 Å². The summed E-state index contributed by atoms with van der Waals surface area (Å²) in [4.78, 5) is 3.69. The number of nitrogens with zero attached hydrogens (tertiary/aromatic N) is 4. The van der Waals surface area contributed by atoms with E-state index in [1.807, 2.05) is 0 Å². The quantitative estimate of drug-likeness (QED) is 0.513. The maximum Gasteiger partial charge on any atom is 0.449 e. The molecule has 4 aromatic rings. The molecule has 0 atom stereocenters. The fraction of sp³-hybridized carbons (Fsp3) is 0.118. The number of halogens is 4. The summed E-state index contributed by atoms with van der Waals surface area (Å²) in [5, 5.41) is 8.30.